The maximum absolute atomic E-state index is 9.65. The summed E-state index contributed by atoms with van der Waals surface area (Å²) in [6.45, 7) is 6.83. The highest BCUT2D eigenvalue weighted by Crippen LogP contribution is 2.46. The lowest BCUT2D eigenvalue weighted by molar-refractivity contribution is 0.0821. The molecule has 0 unspecified atom stereocenters. The molecule has 2 saturated heterocycles. The molecule has 0 aromatic carbocycles. The minimum absolute atomic E-state index is 0.0805. The standard InChI is InChI=1S/C10H19NO/c1-9(2)6-10(3)5-7(12)4-8(9)11-10/h7-8,11-12H,4-6H2,1-3H3/t7-,8-,10+/m0/s1. The molecule has 0 spiro atoms. The highest BCUT2D eigenvalue weighted by molar-refractivity contribution is 5.09. The number of hydrogen-bond acceptors (Lipinski definition) is 2. The van der Waals surface area contributed by atoms with Crippen LogP contribution in [0.15, 0.2) is 0 Å². The molecule has 2 heteroatoms. The lowest BCUT2D eigenvalue weighted by Crippen LogP contribution is -2.49. The smallest absolute Gasteiger partial charge is 0.0572 e. The second-order valence-corrected chi connectivity index (χ2v) is 5.52. The van der Waals surface area contributed by atoms with Gasteiger partial charge in [0.1, 0.15) is 0 Å². The third-order valence-electron chi connectivity index (χ3n) is 3.51. The van der Waals surface area contributed by atoms with E-state index in [1.807, 2.05) is 0 Å². The molecule has 2 N–H and O–H groups in total. The van der Waals surface area contributed by atoms with E-state index in [2.05, 4.69) is 26.1 Å². The van der Waals surface area contributed by atoms with Crippen molar-refractivity contribution in [2.24, 2.45) is 5.41 Å². The SMILES string of the molecule is CC1(C)C[C@@]2(C)C[C@@H](O)C[C@@H]1N2. The van der Waals surface area contributed by atoms with Crippen LogP contribution in [0.3, 0.4) is 0 Å². The van der Waals surface area contributed by atoms with Gasteiger partial charge >= 0.3 is 0 Å². The normalized spacial score (nSPS) is 51.0. The number of aliphatic hydroxyl groups excluding tert-OH is 1. The highest BCUT2D eigenvalue weighted by Gasteiger charge is 2.51. The fourth-order valence-corrected chi connectivity index (χ4v) is 3.18. The molecule has 2 bridgehead atoms. The van der Waals surface area contributed by atoms with Crippen LogP contribution in [0.25, 0.3) is 0 Å². The molecule has 2 fully saturated rings. The summed E-state index contributed by atoms with van der Waals surface area (Å²) in [5.74, 6) is 0. The van der Waals surface area contributed by atoms with Gasteiger partial charge in [-0.05, 0) is 31.6 Å². The lowest BCUT2D eigenvalue weighted by atomic mass is 9.82. The Balaban J connectivity index is 2.24. The second-order valence-electron chi connectivity index (χ2n) is 5.52. The first-order valence-electron chi connectivity index (χ1n) is 4.87. The number of fused-ring (bicyclic) bond motifs is 2. The van der Waals surface area contributed by atoms with E-state index in [0.29, 0.717) is 11.5 Å². The van der Waals surface area contributed by atoms with Gasteiger partial charge in [0.05, 0.1) is 6.10 Å². The zero-order valence-electron chi connectivity index (χ0n) is 8.22. The van der Waals surface area contributed by atoms with Crippen LogP contribution in [0, 0.1) is 5.41 Å². The molecule has 0 amide bonds. The molecule has 2 aliphatic rings. The fourth-order valence-electron chi connectivity index (χ4n) is 3.18. The molecule has 2 aliphatic heterocycles. The Kier molecular flexibility index (Phi) is 1.59. The largest absolute Gasteiger partial charge is 0.393 e. The van der Waals surface area contributed by atoms with Gasteiger partial charge in [-0.2, -0.15) is 0 Å². The molecule has 0 aromatic rings. The minimum Gasteiger partial charge on any atom is -0.393 e. The van der Waals surface area contributed by atoms with Gasteiger partial charge < -0.3 is 10.4 Å². The van der Waals surface area contributed by atoms with Crippen LogP contribution in [-0.2, 0) is 0 Å². The molecular formula is C10H19NO. The van der Waals surface area contributed by atoms with Crippen molar-refractivity contribution < 1.29 is 5.11 Å². The van der Waals surface area contributed by atoms with Crippen molar-refractivity contribution in [1.82, 2.24) is 5.32 Å². The van der Waals surface area contributed by atoms with E-state index in [9.17, 15) is 5.11 Å². The summed E-state index contributed by atoms with van der Waals surface area (Å²) in [6.07, 6.45) is 2.97. The summed E-state index contributed by atoms with van der Waals surface area (Å²) in [7, 11) is 0. The van der Waals surface area contributed by atoms with Crippen LogP contribution < -0.4 is 5.32 Å². The summed E-state index contributed by atoms with van der Waals surface area (Å²) >= 11 is 0. The summed E-state index contributed by atoms with van der Waals surface area (Å²) in [6, 6.07) is 0.520. The zero-order chi connectivity index (χ0) is 8.98. The topological polar surface area (TPSA) is 32.3 Å². The van der Waals surface area contributed by atoms with Gasteiger partial charge in [0.2, 0.25) is 0 Å². The van der Waals surface area contributed by atoms with Crippen LogP contribution in [0.4, 0.5) is 0 Å². The molecule has 0 aliphatic carbocycles. The number of nitrogens with one attached hydrogen (secondary N) is 1. The van der Waals surface area contributed by atoms with Crippen molar-refractivity contribution in [3.8, 4) is 0 Å². The third-order valence-corrected chi connectivity index (χ3v) is 3.51. The van der Waals surface area contributed by atoms with Crippen LogP contribution in [-0.4, -0.2) is 22.8 Å². The van der Waals surface area contributed by atoms with Crippen molar-refractivity contribution in [2.75, 3.05) is 0 Å². The number of aliphatic hydroxyl groups is 1. The number of piperidine rings is 1. The summed E-state index contributed by atoms with van der Waals surface area (Å²) in [5, 5.41) is 13.3. The van der Waals surface area contributed by atoms with E-state index in [1.54, 1.807) is 0 Å². The molecular weight excluding hydrogens is 150 g/mol. The monoisotopic (exact) mass is 169 g/mol. The minimum atomic E-state index is -0.0805. The highest BCUT2D eigenvalue weighted by atomic mass is 16.3. The van der Waals surface area contributed by atoms with Crippen LogP contribution in [0.5, 0.6) is 0 Å². The van der Waals surface area contributed by atoms with Crippen molar-refractivity contribution in [2.45, 2.75) is 57.7 Å². The summed E-state index contributed by atoms with van der Waals surface area (Å²) in [4.78, 5) is 0. The maximum atomic E-state index is 9.65. The maximum Gasteiger partial charge on any atom is 0.0572 e. The Morgan fingerprint density at radius 1 is 1.33 bits per heavy atom. The first-order valence-corrected chi connectivity index (χ1v) is 4.87. The Labute approximate surface area is 74.4 Å². The molecule has 2 nitrogen and oxygen atoms in total. The predicted octanol–water partition coefficient (Wildman–Crippen LogP) is 1.29. The van der Waals surface area contributed by atoms with E-state index in [0.717, 1.165) is 12.8 Å². The average Bonchev–Trinajstić information content (AvgIpc) is 1.96. The zero-order valence-corrected chi connectivity index (χ0v) is 8.22. The Morgan fingerprint density at radius 2 is 2.00 bits per heavy atom. The molecule has 12 heavy (non-hydrogen) atoms. The fraction of sp³-hybridized carbons (Fsp3) is 1.00. The van der Waals surface area contributed by atoms with E-state index in [1.165, 1.54) is 6.42 Å². The number of hydrogen-bond donors (Lipinski definition) is 2. The average molecular weight is 169 g/mol. The van der Waals surface area contributed by atoms with Crippen LogP contribution in [0.1, 0.15) is 40.0 Å². The van der Waals surface area contributed by atoms with E-state index in [-0.39, 0.29) is 11.6 Å². The first-order chi connectivity index (χ1) is 5.41. The van der Waals surface area contributed by atoms with Gasteiger partial charge in [-0.1, -0.05) is 13.8 Å². The van der Waals surface area contributed by atoms with E-state index >= 15 is 0 Å². The molecule has 0 aromatic heterocycles. The van der Waals surface area contributed by atoms with E-state index in [4.69, 9.17) is 0 Å². The van der Waals surface area contributed by atoms with E-state index < -0.39 is 0 Å². The third kappa shape index (κ3) is 1.17. The first kappa shape index (κ1) is 8.52. The van der Waals surface area contributed by atoms with Gasteiger partial charge in [0, 0.05) is 11.6 Å². The van der Waals surface area contributed by atoms with Crippen LogP contribution >= 0.6 is 0 Å². The van der Waals surface area contributed by atoms with Crippen molar-refractivity contribution in [3.05, 3.63) is 0 Å². The molecule has 0 radical (unpaired) electrons. The Bertz CT molecular complexity index is 202. The van der Waals surface area contributed by atoms with Gasteiger partial charge in [-0.3, -0.25) is 0 Å². The molecule has 0 saturated carbocycles. The lowest BCUT2D eigenvalue weighted by Gasteiger charge is -2.34. The molecule has 3 atom stereocenters. The van der Waals surface area contributed by atoms with Crippen molar-refractivity contribution in [3.63, 3.8) is 0 Å². The van der Waals surface area contributed by atoms with Crippen LogP contribution in [0.2, 0.25) is 0 Å². The van der Waals surface area contributed by atoms with Gasteiger partial charge in [-0.25, -0.2) is 0 Å². The molecule has 70 valence electrons. The Hall–Kier alpha value is -0.0800. The summed E-state index contributed by atoms with van der Waals surface area (Å²) < 4.78 is 0. The molecule has 2 rings (SSSR count). The second kappa shape index (κ2) is 2.24. The van der Waals surface area contributed by atoms with Gasteiger partial charge in [0.15, 0.2) is 0 Å². The predicted molar refractivity (Wildman–Crippen MR) is 49.0 cm³/mol. The van der Waals surface area contributed by atoms with Crippen molar-refractivity contribution in [1.29, 1.82) is 0 Å². The Morgan fingerprint density at radius 3 is 2.58 bits per heavy atom. The number of rotatable bonds is 0. The van der Waals surface area contributed by atoms with Crippen molar-refractivity contribution >= 4 is 0 Å². The quantitative estimate of drug-likeness (QED) is 0.572. The van der Waals surface area contributed by atoms with Gasteiger partial charge in [0.25, 0.3) is 0 Å². The summed E-state index contributed by atoms with van der Waals surface area (Å²) in [5.41, 5.74) is 0.568. The van der Waals surface area contributed by atoms with Gasteiger partial charge in [-0.15, -0.1) is 0 Å². The molecule has 2 heterocycles.